The molecule has 16 heavy (non-hydrogen) atoms. The van der Waals surface area contributed by atoms with E-state index < -0.39 is 0 Å². The van der Waals surface area contributed by atoms with Gasteiger partial charge in [-0.3, -0.25) is 0 Å². The van der Waals surface area contributed by atoms with Crippen LogP contribution in [0.4, 0.5) is 5.95 Å². The topological polar surface area (TPSA) is 59.9 Å². The number of nitrogens with one attached hydrogen (secondary N) is 1. The molecule has 5 nitrogen and oxygen atoms in total. The summed E-state index contributed by atoms with van der Waals surface area (Å²) in [5, 5.41) is 3.41. The summed E-state index contributed by atoms with van der Waals surface area (Å²) >= 11 is 5.77. The largest absolute Gasteiger partial charge is 0.467 e. The molecule has 1 fully saturated rings. The molecular formula is C10H15ClN4O. The van der Waals surface area contributed by atoms with Crippen molar-refractivity contribution in [3.8, 4) is 6.01 Å². The van der Waals surface area contributed by atoms with Crippen LogP contribution < -0.4 is 10.1 Å². The first-order valence-corrected chi connectivity index (χ1v) is 5.63. The molecule has 0 amide bonds. The van der Waals surface area contributed by atoms with Crippen LogP contribution in [0.1, 0.15) is 26.7 Å². The van der Waals surface area contributed by atoms with Crippen molar-refractivity contribution in [2.75, 3.05) is 12.4 Å². The van der Waals surface area contributed by atoms with E-state index in [1.807, 2.05) is 0 Å². The lowest BCUT2D eigenvalue weighted by atomic mass is 9.99. The summed E-state index contributed by atoms with van der Waals surface area (Å²) in [6, 6.07) is 0.231. The van der Waals surface area contributed by atoms with Crippen molar-refractivity contribution < 1.29 is 4.74 Å². The summed E-state index contributed by atoms with van der Waals surface area (Å²) in [5.41, 5.74) is -0.0182. The molecule has 1 N–H and O–H groups in total. The minimum Gasteiger partial charge on any atom is -0.467 e. The van der Waals surface area contributed by atoms with Crippen molar-refractivity contribution in [1.29, 1.82) is 0 Å². The lowest BCUT2D eigenvalue weighted by Crippen LogP contribution is -2.34. The number of ether oxygens (including phenoxy) is 1. The van der Waals surface area contributed by atoms with E-state index in [1.54, 1.807) is 0 Å². The first-order chi connectivity index (χ1) is 7.51. The van der Waals surface area contributed by atoms with Gasteiger partial charge < -0.3 is 10.1 Å². The molecule has 1 heterocycles. The van der Waals surface area contributed by atoms with Crippen molar-refractivity contribution in [2.24, 2.45) is 5.92 Å². The maximum atomic E-state index is 5.77. The zero-order chi connectivity index (χ0) is 11.8. The Morgan fingerprint density at radius 1 is 1.31 bits per heavy atom. The van der Waals surface area contributed by atoms with E-state index in [4.69, 9.17) is 16.3 Å². The molecule has 1 aromatic heterocycles. The Kier molecular flexibility index (Phi) is 2.88. The maximum absolute atomic E-state index is 5.77. The third-order valence-electron chi connectivity index (χ3n) is 2.80. The number of hydrogen-bond donors (Lipinski definition) is 1. The predicted molar refractivity (Wildman–Crippen MR) is 61.8 cm³/mol. The Balaban J connectivity index is 2.16. The lowest BCUT2D eigenvalue weighted by Gasteiger charge is -2.25. The highest BCUT2D eigenvalue weighted by Crippen LogP contribution is 2.40. The number of nitrogens with zero attached hydrogens (tertiary/aromatic N) is 3. The second-order valence-corrected chi connectivity index (χ2v) is 4.87. The zero-order valence-corrected chi connectivity index (χ0v) is 10.4. The minimum absolute atomic E-state index is 0.0182. The van der Waals surface area contributed by atoms with Crippen molar-refractivity contribution in [3.05, 3.63) is 5.28 Å². The average Bonchev–Trinajstić information content (AvgIpc) is 2.98. The molecule has 1 aliphatic carbocycles. The highest BCUT2D eigenvalue weighted by molar-refractivity contribution is 6.28. The third-order valence-corrected chi connectivity index (χ3v) is 2.97. The first-order valence-electron chi connectivity index (χ1n) is 5.25. The fraction of sp³-hybridized carbons (Fsp3) is 0.700. The quantitative estimate of drug-likeness (QED) is 0.877. The van der Waals surface area contributed by atoms with E-state index in [0.29, 0.717) is 11.9 Å². The van der Waals surface area contributed by atoms with Gasteiger partial charge in [-0.25, -0.2) is 0 Å². The van der Waals surface area contributed by atoms with Gasteiger partial charge in [0.1, 0.15) is 0 Å². The van der Waals surface area contributed by atoms with Crippen molar-refractivity contribution in [2.45, 2.75) is 32.2 Å². The molecular weight excluding hydrogens is 228 g/mol. The van der Waals surface area contributed by atoms with Crippen LogP contribution in [0.3, 0.4) is 0 Å². The number of rotatable bonds is 4. The molecule has 88 valence electrons. The molecule has 1 saturated carbocycles. The molecule has 0 bridgehead atoms. The van der Waals surface area contributed by atoms with Crippen LogP contribution in [0.5, 0.6) is 6.01 Å². The maximum Gasteiger partial charge on any atom is 0.322 e. The second-order valence-electron chi connectivity index (χ2n) is 4.54. The zero-order valence-electron chi connectivity index (χ0n) is 9.62. The van der Waals surface area contributed by atoms with Gasteiger partial charge in [-0.15, -0.1) is 0 Å². The standard InChI is InChI=1S/C10H15ClN4O/c1-10(2,6-4-5-6)15-8-12-7(11)13-9(14-8)16-3/h6H,4-5H2,1-3H3,(H,12,13,14,15). The number of halogens is 1. The molecule has 0 aromatic carbocycles. The van der Waals surface area contributed by atoms with Crippen LogP contribution in [-0.4, -0.2) is 27.6 Å². The lowest BCUT2D eigenvalue weighted by molar-refractivity contribution is 0.377. The normalized spacial score (nSPS) is 16.0. The van der Waals surface area contributed by atoms with Gasteiger partial charge in [-0.2, -0.15) is 15.0 Å². The minimum atomic E-state index is -0.0182. The van der Waals surface area contributed by atoms with E-state index >= 15 is 0 Å². The number of hydrogen-bond acceptors (Lipinski definition) is 5. The summed E-state index contributed by atoms with van der Waals surface area (Å²) in [6.07, 6.45) is 2.49. The molecule has 0 atom stereocenters. The second kappa shape index (κ2) is 4.05. The van der Waals surface area contributed by atoms with E-state index in [-0.39, 0.29) is 16.8 Å². The molecule has 6 heteroatoms. The Morgan fingerprint density at radius 2 is 2.00 bits per heavy atom. The van der Waals surface area contributed by atoms with Gasteiger partial charge in [0, 0.05) is 5.54 Å². The fourth-order valence-corrected chi connectivity index (χ4v) is 1.83. The van der Waals surface area contributed by atoms with Gasteiger partial charge in [-0.1, -0.05) is 0 Å². The monoisotopic (exact) mass is 242 g/mol. The molecule has 0 saturated heterocycles. The van der Waals surface area contributed by atoms with Crippen molar-refractivity contribution in [3.63, 3.8) is 0 Å². The van der Waals surface area contributed by atoms with Crippen LogP contribution in [0.2, 0.25) is 5.28 Å². The molecule has 1 aliphatic rings. The summed E-state index contributed by atoms with van der Waals surface area (Å²) < 4.78 is 4.94. The smallest absolute Gasteiger partial charge is 0.322 e. The number of aromatic nitrogens is 3. The van der Waals surface area contributed by atoms with Gasteiger partial charge in [0.15, 0.2) is 0 Å². The summed E-state index contributed by atoms with van der Waals surface area (Å²) in [4.78, 5) is 12.0. The van der Waals surface area contributed by atoms with E-state index in [1.165, 1.54) is 20.0 Å². The third kappa shape index (κ3) is 2.52. The van der Waals surface area contributed by atoms with Crippen LogP contribution in [-0.2, 0) is 0 Å². The summed E-state index contributed by atoms with van der Waals surface area (Å²) in [6.45, 7) is 4.27. The van der Waals surface area contributed by atoms with Gasteiger partial charge in [0.2, 0.25) is 11.2 Å². The number of anilines is 1. The van der Waals surface area contributed by atoms with E-state index in [0.717, 1.165) is 0 Å². The Hall–Kier alpha value is -1.10. The Bertz CT molecular complexity index is 392. The molecule has 0 aliphatic heterocycles. The van der Waals surface area contributed by atoms with Crippen LogP contribution >= 0.6 is 11.6 Å². The van der Waals surface area contributed by atoms with E-state index in [2.05, 4.69) is 34.1 Å². The van der Waals surface area contributed by atoms with Crippen molar-refractivity contribution in [1.82, 2.24) is 15.0 Å². The van der Waals surface area contributed by atoms with Crippen LogP contribution in [0.15, 0.2) is 0 Å². The van der Waals surface area contributed by atoms with Crippen molar-refractivity contribution >= 4 is 17.5 Å². The van der Waals surface area contributed by atoms with Gasteiger partial charge >= 0.3 is 6.01 Å². The summed E-state index contributed by atoms with van der Waals surface area (Å²) in [5.74, 6) is 1.14. The molecule has 1 aromatic rings. The predicted octanol–water partition coefficient (Wildman–Crippen LogP) is 2.13. The highest BCUT2D eigenvalue weighted by atomic mass is 35.5. The first kappa shape index (κ1) is 11.4. The van der Waals surface area contributed by atoms with Gasteiger partial charge in [-0.05, 0) is 44.2 Å². The SMILES string of the molecule is COc1nc(Cl)nc(NC(C)(C)C2CC2)n1. The average molecular weight is 243 g/mol. The van der Waals surface area contributed by atoms with Gasteiger partial charge in [0.25, 0.3) is 0 Å². The van der Waals surface area contributed by atoms with E-state index in [9.17, 15) is 0 Å². The number of methoxy groups -OCH3 is 1. The fourth-order valence-electron chi connectivity index (χ4n) is 1.67. The Labute approximate surface area is 99.6 Å². The molecule has 0 spiro atoms. The molecule has 2 rings (SSSR count). The molecule has 0 unspecified atom stereocenters. The molecule has 0 radical (unpaired) electrons. The highest BCUT2D eigenvalue weighted by Gasteiger charge is 2.38. The van der Waals surface area contributed by atoms with Gasteiger partial charge in [0.05, 0.1) is 7.11 Å². The van der Waals surface area contributed by atoms with Crippen LogP contribution in [0.25, 0.3) is 0 Å². The summed E-state index contributed by atoms with van der Waals surface area (Å²) in [7, 11) is 1.50. The van der Waals surface area contributed by atoms with Crippen LogP contribution in [0, 0.1) is 5.92 Å². The Morgan fingerprint density at radius 3 is 2.56 bits per heavy atom.